The molecule has 1 aromatic heterocycles. The van der Waals surface area contributed by atoms with Crippen molar-refractivity contribution in [2.45, 2.75) is 57.9 Å². The van der Waals surface area contributed by atoms with Gasteiger partial charge in [0, 0.05) is 30.8 Å². The number of carbonyl (C=O) groups excluding carboxylic acids is 1. The van der Waals surface area contributed by atoms with E-state index < -0.39 is 6.10 Å². The molecule has 0 bridgehead atoms. The van der Waals surface area contributed by atoms with Crippen LogP contribution in [0, 0.1) is 0 Å². The van der Waals surface area contributed by atoms with E-state index in [0.29, 0.717) is 17.7 Å². The number of ether oxygens (including phenoxy) is 1. The summed E-state index contributed by atoms with van der Waals surface area (Å²) in [5.41, 5.74) is 3.07. The fourth-order valence-corrected chi connectivity index (χ4v) is 3.28. The third-order valence-corrected chi connectivity index (χ3v) is 4.65. The van der Waals surface area contributed by atoms with Gasteiger partial charge >= 0.3 is 0 Å². The average Bonchev–Trinajstić information content (AvgIpc) is 2.65. The number of aromatic nitrogens is 1. The molecule has 0 saturated heterocycles. The number of hydrogen-bond acceptors (Lipinski definition) is 5. The minimum Gasteiger partial charge on any atom is -0.489 e. The molecule has 2 N–H and O–H groups in total. The van der Waals surface area contributed by atoms with Crippen molar-refractivity contribution in [3.05, 3.63) is 59.4 Å². The second kappa shape index (κ2) is 11.4. The van der Waals surface area contributed by atoms with E-state index in [1.807, 2.05) is 26.0 Å². The highest BCUT2D eigenvalue weighted by Crippen LogP contribution is 2.20. The van der Waals surface area contributed by atoms with Gasteiger partial charge in [-0.15, -0.1) is 24.8 Å². The third kappa shape index (κ3) is 6.45. The largest absolute Gasteiger partial charge is 0.489 e. The van der Waals surface area contributed by atoms with Crippen molar-refractivity contribution in [1.29, 1.82) is 0 Å². The van der Waals surface area contributed by atoms with Crippen LogP contribution < -0.4 is 10.1 Å². The van der Waals surface area contributed by atoms with Gasteiger partial charge < -0.3 is 15.2 Å². The smallest absolute Gasteiger partial charge is 0.164 e. The van der Waals surface area contributed by atoms with E-state index in [2.05, 4.69) is 22.4 Å². The molecule has 0 saturated carbocycles. The Kier molecular flexibility index (Phi) is 9.90. The van der Waals surface area contributed by atoms with E-state index in [1.54, 1.807) is 18.5 Å². The van der Waals surface area contributed by atoms with Gasteiger partial charge in [-0.25, -0.2) is 0 Å². The Morgan fingerprint density at radius 2 is 1.96 bits per heavy atom. The number of ketones is 1. The molecule has 2 atom stereocenters. The first-order valence-corrected chi connectivity index (χ1v) is 9.16. The second-order valence-electron chi connectivity index (χ2n) is 7.07. The summed E-state index contributed by atoms with van der Waals surface area (Å²) in [4.78, 5) is 16.5. The lowest BCUT2D eigenvalue weighted by molar-refractivity contribution is 0.0876. The molecular formula is C21H28Cl2N2O3. The van der Waals surface area contributed by atoms with Crippen LogP contribution in [0.2, 0.25) is 0 Å². The summed E-state index contributed by atoms with van der Waals surface area (Å²) in [7, 11) is 0. The van der Waals surface area contributed by atoms with Crippen LogP contribution in [0.15, 0.2) is 42.7 Å². The Bertz CT molecular complexity index is 771. The van der Waals surface area contributed by atoms with Crippen molar-refractivity contribution in [2.75, 3.05) is 0 Å². The highest BCUT2D eigenvalue weighted by atomic mass is 35.5. The minimum absolute atomic E-state index is 0. The zero-order valence-corrected chi connectivity index (χ0v) is 17.8. The normalized spacial score (nSPS) is 16.4. The number of aliphatic hydroxyl groups excluding tert-OH is 1. The maximum Gasteiger partial charge on any atom is 0.164 e. The van der Waals surface area contributed by atoms with E-state index in [9.17, 15) is 9.90 Å². The molecule has 5 nitrogen and oxygen atoms in total. The molecule has 0 aliphatic carbocycles. The number of pyridine rings is 1. The average molecular weight is 427 g/mol. The van der Waals surface area contributed by atoms with Gasteiger partial charge in [-0.05, 0) is 43.9 Å². The van der Waals surface area contributed by atoms with Gasteiger partial charge in [-0.1, -0.05) is 24.3 Å². The van der Waals surface area contributed by atoms with Crippen molar-refractivity contribution < 1.29 is 14.6 Å². The van der Waals surface area contributed by atoms with Crippen molar-refractivity contribution in [3.8, 4) is 5.75 Å². The van der Waals surface area contributed by atoms with Crippen LogP contribution in [0.25, 0.3) is 0 Å². The molecule has 1 aliphatic heterocycles. The van der Waals surface area contributed by atoms with Crippen LogP contribution in [0.3, 0.4) is 0 Å². The lowest BCUT2D eigenvalue weighted by Crippen LogP contribution is -2.44. The first kappa shape index (κ1) is 24.4. The Morgan fingerprint density at radius 1 is 1.25 bits per heavy atom. The van der Waals surface area contributed by atoms with E-state index >= 15 is 0 Å². The van der Waals surface area contributed by atoms with Crippen molar-refractivity contribution in [2.24, 2.45) is 0 Å². The van der Waals surface area contributed by atoms with E-state index in [4.69, 9.17) is 4.74 Å². The zero-order valence-electron chi connectivity index (χ0n) is 16.1. The predicted molar refractivity (Wildman–Crippen MR) is 115 cm³/mol. The fraction of sp³-hybridized carbons (Fsp3) is 0.429. The Labute approximate surface area is 178 Å². The topological polar surface area (TPSA) is 71.5 Å². The molecule has 1 aromatic carbocycles. The maximum atomic E-state index is 12.4. The summed E-state index contributed by atoms with van der Waals surface area (Å²) >= 11 is 0. The van der Waals surface area contributed by atoms with Crippen LogP contribution in [0.5, 0.6) is 5.75 Å². The number of aliphatic hydroxyl groups is 1. The summed E-state index contributed by atoms with van der Waals surface area (Å²) in [5, 5.41) is 13.9. The zero-order chi connectivity index (χ0) is 18.5. The van der Waals surface area contributed by atoms with Gasteiger partial charge in [0.25, 0.3) is 0 Å². The molecule has 0 spiro atoms. The highest BCUT2D eigenvalue weighted by molar-refractivity contribution is 5.96. The monoisotopic (exact) mass is 426 g/mol. The summed E-state index contributed by atoms with van der Waals surface area (Å²) < 4.78 is 5.58. The van der Waals surface area contributed by atoms with E-state index in [-0.39, 0.29) is 49.2 Å². The quantitative estimate of drug-likeness (QED) is 0.659. The number of benzene rings is 1. The molecule has 1 aliphatic rings. The number of Topliss-reactive ketones (excluding diaryl/α,β-unsaturated/α-hetero) is 1. The van der Waals surface area contributed by atoms with Gasteiger partial charge in [-0.2, -0.15) is 0 Å². The van der Waals surface area contributed by atoms with Crippen LogP contribution in [0.4, 0.5) is 0 Å². The van der Waals surface area contributed by atoms with Gasteiger partial charge in [0.05, 0.1) is 18.4 Å². The van der Waals surface area contributed by atoms with Crippen molar-refractivity contribution in [1.82, 2.24) is 10.3 Å². The molecule has 2 aromatic rings. The molecule has 7 heteroatoms. The molecule has 0 fully saturated rings. The van der Waals surface area contributed by atoms with Crippen molar-refractivity contribution in [3.63, 3.8) is 0 Å². The first-order chi connectivity index (χ1) is 12.5. The standard InChI is InChI=1S/C21H26N2O3.2ClH/c1-14(2)26-18-9-17(11-22-13-18)20(24)7-8-21(25)19-10-15-5-3-4-6-16(15)12-23-19;;/h3-6,9,11,13-14,19,21,23,25H,7-8,10,12H2,1-2H3;2*1H/t19-,21+;;/m0../s1. The molecule has 0 unspecified atom stereocenters. The molecule has 28 heavy (non-hydrogen) atoms. The van der Waals surface area contributed by atoms with E-state index in [0.717, 1.165) is 13.0 Å². The van der Waals surface area contributed by atoms with Crippen LogP contribution >= 0.6 is 24.8 Å². The third-order valence-electron chi connectivity index (χ3n) is 4.65. The molecule has 2 heterocycles. The van der Waals surface area contributed by atoms with Crippen LogP contribution in [-0.2, 0) is 13.0 Å². The number of nitrogens with one attached hydrogen (secondary N) is 1. The summed E-state index contributed by atoms with van der Waals surface area (Å²) in [5.74, 6) is 0.568. The van der Waals surface area contributed by atoms with Gasteiger partial charge in [0.2, 0.25) is 0 Å². The number of halogens is 2. The molecule has 154 valence electrons. The maximum absolute atomic E-state index is 12.4. The Morgan fingerprint density at radius 3 is 2.68 bits per heavy atom. The highest BCUT2D eigenvalue weighted by Gasteiger charge is 2.24. The molecular weight excluding hydrogens is 399 g/mol. The first-order valence-electron chi connectivity index (χ1n) is 9.16. The lowest BCUT2D eigenvalue weighted by Gasteiger charge is -2.29. The van der Waals surface area contributed by atoms with Crippen LogP contribution in [0.1, 0.15) is 48.2 Å². The molecule has 0 radical (unpaired) electrons. The molecule has 0 amide bonds. The number of nitrogens with zero attached hydrogens (tertiary/aromatic N) is 1. The number of carbonyl (C=O) groups is 1. The summed E-state index contributed by atoms with van der Waals surface area (Å²) in [6.45, 7) is 4.62. The van der Waals surface area contributed by atoms with Gasteiger partial charge in [-0.3, -0.25) is 9.78 Å². The van der Waals surface area contributed by atoms with Crippen LogP contribution in [-0.4, -0.2) is 34.1 Å². The number of fused-ring (bicyclic) bond motifs is 1. The van der Waals surface area contributed by atoms with Gasteiger partial charge in [0.1, 0.15) is 5.75 Å². The fourth-order valence-electron chi connectivity index (χ4n) is 3.28. The second-order valence-corrected chi connectivity index (χ2v) is 7.07. The number of hydrogen-bond donors (Lipinski definition) is 2. The summed E-state index contributed by atoms with van der Waals surface area (Å²) in [6, 6.07) is 9.96. The molecule has 3 rings (SSSR count). The number of rotatable bonds is 7. The van der Waals surface area contributed by atoms with Gasteiger partial charge in [0.15, 0.2) is 5.78 Å². The Balaban J connectivity index is 0.00000196. The SMILES string of the molecule is CC(C)Oc1cncc(C(=O)CC[C@@H](O)[C@@H]2Cc3ccccc3CN2)c1.Cl.Cl. The van der Waals surface area contributed by atoms with Crippen molar-refractivity contribution >= 4 is 30.6 Å². The summed E-state index contributed by atoms with van der Waals surface area (Å²) in [6.07, 6.45) is 4.12. The predicted octanol–water partition coefficient (Wildman–Crippen LogP) is 3.75. The Hall–Kier alpha value is -1.66. The minimum atomic E-state index is -0.560. The lowest BCUT2D eigenvalue weighted by atomic mass is 9.91. The van der Waals surface area contributed by atoms with E-state index in [1.165, 1.54) is 11.1 Å².